The van der Waals surface area contributed by atoms with E-state index in [1.54, 1.807) is 0 Å². The molecular weight excluding hydrogens is 447 g/mol. The Bertz CT molecular complexity index is 1180. The Morgan fingerprint density at radius 1 is 1.00 bits per heavy atom. The summed E-state index contributed by atoms with van der Waals surface area (Å²) >= 11 is 0. The third-order valence-electron chi connectivity index (χ3n) is 5.87. The van der Waals surface area contributed by atoms with Crippen LogP contribution in [0.4, 0.5) is 22.0 Å². The van der Waals surface area contributed by atoms with Gasteiger partial charge in [0.05, 0.1) is 16.0 Å². The minimum atomic E-state index is -4.84. The molecular formula is C20H15F5O5S. The number of halogens is 5. The molecule has 2 aromatic rings. The zero-order valence-corrected chi connectivity index (χ0v) is 16.5. The average molecular weight is 462 g/mol. The molecule has 0 saturated heterocycles. The van der Waals surface area contributed by atoms with E-state index in [1.807, 2.05) is 0 Å². The predicted molar refractivity (Wildman–Crippen MR) is 96.0 cm³/mol. The molecule has 1 aliphatic heterocycles. The summed E-state index contributed by atoms with van der Waals surface area (Å²) in [5.74, 6) is -3.48. The van der Waals surface area contributed by atoms with Crippen molar-refractivity contribution in [2.75, 3.05) is 6.61 Å². The largest absolute Gasteiger partial charge is 0.487 e. The molecule has 1 fully saturated rings. The number of hydrogen-bond donors (Lipinski definition) is 1. The Labute approximate surface area is 173 Å². The molecule has 1 N–H and O–H groups in total. The first-order valence-electron chi connectivity index (χ1n) is 9.11. The number of alkyl halides is 3. The van der Waals surface area contributed by atoms with E-state index < -0.39 is 85.0 Å². The van der Waals surface area contributed by atoms with Crippen molar-refractivity contribution in [1.29, 1.82) is 0 Å². The summed E-state index contributed by atoms with van der Waals surface area (Å²) in [6.07, 6.45) is -6.39. The number of ether oxygens (including phenoxy) is 1. The summed E-state index contributed by atoms with van der Waals surface area (Å²) < 4.78 is 98.1. The average Bonchev–Trinajstić information content (AvgIpc) is 2.69. The molecule has 0 unspecified atom stereocenters. The molecule has 2 aromatic carbocycles. The summed E-state index contributed by atoms with van der Waals surface area (Å²) in [4.78, 5) is 11.4. The number of rotatable bonds is 2. The molecule has 166 valence electrons. The minimum Gasteiger partial charge on any atom is -0.487 e. The van der Waals surface area contributed by atoms with Crippen LogP contribution in [0.25, 0.3) is 0 Å². The molecule has 1 aliphatic carbocycles. The zero-order chi connectivity index (χ0) is 22.8. The van der Waals surface area contributed by atoms with Crippen molar-refractivity contribution in [3.05, 3.63) is 59.2 Å². The predicted octanol–water partition coefficient (Wildman–Crippen LogP) is 3.53. The molecule has 1 heterocycles. The fourth-order valence-electron chi connectivity index (χ4n) is 4.42. The van der Waals surface area contributed by atoms with Crippen LogP contribution in [0.5, 0.6) is 5.75 Å². The zero-order valence-electron chi connectivity index (χ0n) is 15.7. The summed E-state index contributed by atoms with van der Waals surface area (Å²) in [6, 6.07) is 3.86. The van der Waals surface area contributed by atoms with Crippen LogP contribution in [-0.2, 0) is 25.6 Å². The van der Waals surface area contributed by atoms with Crippen LogP contribution in [0, 0.1) is 11.6 Å². The number of fused-ring (bicyclic) bond motifs is 3. The van der Waals surface area contributed by atoms with Gasteiger partial charge in [-0.3, -0.25) is 4.79 Å². The van der Waals surface area contributed by atoms with Gasteiger partial charge in [-0.2, -0.15) is 13.2 Å². The fourth-order valence-corrected chi connectivity index (χ4v) is 6.77. The molecule has 31 heavy (non-hydrogen) atoms. The number of benzene rings is 2. The van der Waals surface area contributed by atoms with Gasteiger partial charge in [0.2, 0.25) is 0 Å². The number of carbonyl (C=O) groups is 1. The van der Waals surface area contributed by atoms with Crippen molar-refractivity contribution in [3.63, 3.8) is 0 Å². The normalized spacial score (nSPS) is 26.1. The number of sulfone groups is 1. The van der Waals surface area contributed by atoms with E-state index in [2.05, 4.69) is 0 Å². The SMILES string of the molecule is O=C1CC[C@@]2(S(=O)(=O)c3ccc(C(F)(F)F)cc3)c3c(F)ccc(F)c3OC[C@@]2(O)C1. The van der Waals surface area contributed by atoms with Crippen molar-refractivity contribution < 1.29 is 45.0 Å². The first-order valence-corrected chi connectivity index (χ1v) is 10.6. The monoisotopic (exact) mass is 462 g/mol. The standard InChI is InChI=1S/C20H15F5O5S/c21-14-5-6-15(22)17-16(14)19(8-7-12(26)9-18(19,27)10-30-17)31(28,29)13-3-1-11(2-4-13)20(23,24)25/h1-6,27H,7-10H2/t18-,19+/m0/s1. The number of aliphatic hydroxyl groups is 1. The van der Waals surface area contributed by atoms with E-state index in [0.717, 1.165) is 6.07 Å². The van der Waals surface area contributed by atoms with Gasteiger partial charge in [-0.15, -0.1) is 0 Å². The summed E-state index contributed by atoms with van der Waals surface area (Å²) in [6.45, 7) is -0.814. The quantitative estimate of drug-likeness (QED) is 0.691. The van der Waals surface area contributed by atoms with E-state index in [4.69, 9.17) is 4.74 Å². The highest BCUT2D eigenvalue weighted by atomic mass is 32.2. The summed E-state index contributed by atoms with van der Waals surface area (Å²) in [5.41, 5.74) is -4.33. The molecule has 0 radical (unpaired) electrons. The molecule has 2 atom stereocenters. The first kappa shape index (κ1) is 21.7. The van der Waals surface area contributed by atoms with Crippen LogP contribution < -0.4 is 4.74 Å². The van der Waals surface area contributed by atoms with E-state index in [-0.39, 0.29) is 6.42 Å². The van der Waals surface area contributed by atoms with Gasteiger partial charge in [0.25, 0.3) is 0 Å². The Morgan fingerprint density at radius 3 is 2.23 bits per heavy atom. The molecule has 4 rings (SSSR count). The van der Waals surface area contributed by atoms with Gasteiger partial charge >= 0.3 is 6.18 Å². The second-order valence-electron chi connectivity index (χ2n) is 7.62. The molecule has 0 amide bonds. The highest BCUT2D eigenvalue weighted by molar-refractivity contribution is 7.92. The number of Topliss-reactive ketones (excluding diaryl/α,β-unsaturated/α-hetero) is 1. The van der Waals surface area contributed by atoms with Gasteiger partial charge in [-0.25, -0.2) is 17.2 Å². The van der Waals surface area contributed by atoms with Crippen LogP contribution in [0.2, 0.25) is 0 Å². The fraction of sp³-hybridized carbons (Fsp3) is 0.350. The Morgan fingerprint density at radius 2 is 1.61 bits per heavy atom. The molecule has 1 saturated carbocycles. The van der Waals surface area contributed by atoms with Crippen LogP contribution in [0.15, 0.2) is 41.3 Å². The second kappa shape index (κ2) is 6.73. The first-order chi connectivity index (χ1) is 14.3. The van der Waals surface area contributed by atoms with Crippen LogP contribution in [0.1, 0.15) is 30.4 Å². The van der Waals surface area contributed by atoms with E-state index >= 15 is 0 Å². The molecule has 0 spiro atoms. The Balaban J connectivity index is 2.01. The maximum atomic E-state index is 14.9. The van der Waals surface area contributed by atoms with Crippen molar-refractivity contribution in [1.82, 2.24) is 0 Å². The summed E-state index contributed by atoms with van der Waals surface area (Å²) in [5, 5.41) is 11.3. The molecule has 2 aliphatic rings. The smallest absolute Gasteiger partial charge is 0.416 e. The lowest BCUT2D eigenvalue weighted by atomic mass is 9.69. The van der Waals surface area contributed by atoms with Gasteiger partial charge in [-0.05, 0) is 42.8 Å². The van der Waals surface area contributed by atoms with Gasteiger partial charge in [0.1, 0.15) is 28.6 Å². The molecule has 11 heteroatoms. The topological polar surface area (TPSA) is 80.7 Å². The van der Waals surface area contributed by atoms with E-state index in [9.17, 15) is 40.3 Å². The van der Waals surface area contributed by atoms with Crippen molar-refractivity contribution >= 4 is 15.6 Å². The Kier molecular flexibility index (Phi) is 4.71. The minimum absolute atomic E-state index is 0.364. The van der Waals surface area contributed by atoms with E-state index in [1.165, 1.54) is 0 Å². The number of ketones is 1. The summed E-state index contributed by atoms with van der Waals surface area (Å²) in [7, 11) is -4.84. The van der Waals surface area contributed by atoms with Crippen molar-refractivity contribution in [2.24, 2.45) is 0 Å². The lowest BCUT2D eigenvalue weighted by Gasteiger charge is -2.51. The second-order valence-corrected chi connectivity index (χ2v) is 9.80. The number of carbonyl (C=O) groups excluding carboxylic acids is 1. The lowest BCUT2D eigenvalue weighted by molar-refractivity contribution is -0.138. The van der Waals surface area contributed by atoms with Crippen molar-refractivity contribution in [3.8, 4) is 5.75 Å². The highest BCUT2D eigenvalue weighted by Gasteiger charge is 2.67. The molecule has 0 bridgehead atoms. The molecule has 5 nitrogen and oxygen atoms in total. The molecule has 0 aromatic heterocycles. The van der Waals surface area contributed by atoms with Crippen LogP contribution in [-0.4, -0.2) is 31.5 Å². The Hall–Kier alpha value is -2.53. The van der Waals surface area contributed by atoms with Gasteiger partial charge < -0.3 is 9.84 Å². The third-order valence-corrected chi connectivity index (χ3v) is 8.46. The maximum absolute atomic E-state index is 14.9. The van der Waals surface area contributed by atoms with Crippen LogP contribution in [0.3, 0.4) is 0 Å². The number of hydrogen-bond acceptors (Lipinski definition) is 5. The van der Waals surface area contributed by atoms with E-state index in [0.29, 0.717) is 30.3 Å². The van der Waals surface area contributed by atoms with Gasteiger partial charge in [-0.1, -0.05) is 0 Å². The van der Waals surface area contributed by atoms with Gasteiger partial charge in [0, 0.05) is 12.8 Å². The van der Waals surface area contributed by atoms with Crippen molar-refractivity contribution in [2.45, 2.75) is 40.7 Å². The van der Waals surface area contributed by atoms with Crippen LogP contribution >= 0.6 is 0 Å². The third kappa shape index (κ3) is 2.97. The maximum Gasteiger partial charge on any atom is 0.416 e. The highest BCUT2D eigenvalue weighted by Crippen LogP contribution is 2.57. The van der Waals surface area contributed by atoms with Gasteiger partial charge in [0.15, 0.2) is 21.4 Å². The lowest BCUT2D eigenvalue weighted by Crippen LogP contribution is -2.65.